The summed E-state index contributed by atoms with van der Waals surface area (Å²) in [6.07, 6.45) is 3.81. The van der Waals surface area contributed by atoms with Gasteiger partial charge in [-0.3, -0.25) is 4.90 Å². The van der Waals surface area contributed by atoms with Gasteiger partial charge in [0.25, 0.3) is 0 Å². The lowest BCUT2D eigenvalue weighted by molar-refractivity contribution is -0.128. The maximum atomic E-state index is 5.96. The summed E-state index contributed by atoms with van der Waals surface area (Å²) in [4.78, 5) is 10.9. The minimum absolute atomic E-state index is 0.106. The first-order valence-electron chi connectivity index (χ1n) is 5.81. The molecular weight excluding hydrogens is 282 g/mol. The van der Waals surface area contributed by atoms with Crippen LogP contribution in [0, 0.1) is 0 Å². The fourth-order valence-electron chi connectivity index (χ4n) is 2.23. The molecule has 1 fully saturated rings. The Hall–Kier alpha value is -0.520. The number of hydrogen-bond donors (Lipinski definition) is 0. The van der Waals surface area contributed by atoms with Gasteiger partial charge in [-0.25, -0.2) is 9.97 Å². The van der Waals surface area contributed by atoms with Gasteiger partial charge in [0.15, 0.2) is 0 Å². The van der Waals surface area contributed by atoms with Crippen LogP contribution in [0.4, 0.5) is 0 Å². The molecule has 94 valence electrons. The van der Waals surface area contributed by atoms with Crippen molar-refractivity contribution >= 4 is 15.9 Å². The van der Waals surface area contributed by atoms with Gasteiger partial charge < -0.3 is 4.74 Å². The molecule has 1 aromatic heterocycles. The number of aromatic nitrogens is 2. The average molecular weight is 300 g/mol. The Morgan fingerprint density at radius 3 is 2.82 bits per heavy atom. The van der Waals surface area contributed by atoms with E-state index >= 15 is 0 Å². The van der Waals surface area contributed by atoms with Crippen molar-refractivity contribution in [3.8, 4) is 0 Å². The zero-order valence-electron chi connectivity index (χ0n) is 10.3. The monoisotopic (exact) mass is 299 g/mol. The first kappa shape index (κ1) is 12.9. The molecular formula is C12H18BrN3O. The SMILES string of the molecule is CC1(C)CN(Cc2ncccn2)CC(CBr)O1. The quantitative estimate of drug-likeness (QED) is 0.799. The molecule has 0 radical (unpaired) electrons. The van der Waals surface area contributed by atoms with Gasteiger partial charge in [-0.15, -0.1) is 0 Å². The first-order chi connectivity index (χ1) is 8.09. The zero-order valence-corrected chi connectivity index (χ0v) is 11.9. The Morgan fingerprint density at radius 2 is 2.18 bits per heavy atom. The van der Waals surface area contributed by atoms with Crippen LogP contribution in [0.25, 0.3) is 0 Å². The summed E-state index contributed by atoms with van der Waals surface area (Å²) in [6, 6.07) is 1.84. The molecule has 0 N–H and O–H groups in total. The molecule has 5 heteroatoms. The number of nitrogens with zero attached hydrogens (tertiary/aromatic N) is 3. The van der Waals surface area contributed by atoms with E-state index < -0.39 is 0 Å². The summed E-state index contributed by atoms with van der Waals surface area (Å²) in [5, 5.41) is 0.864. The van der Waals surface area contributed by atoms with E-state index in [0.29, 0.717) is 0 Å². The molecule has 0 saturated carbocycles. The summed E-state index contributed by atoms with van der Waals surface area (Å²) in [5.74, 6) is 0.874. The number of morpholine rings is 1. The second-order valence-electron chi connectivity index (χ2n) is 4.99. The predicted molar refractivity (Wildman–Crippen MR) is 70.1 cm³/mol. The number of alkyl halides is 1. The van der Waals surface area contributed by atoms with Crippen molar-refractivity contribution in [3.63, 3.8) is 0 Å². The topological polar surface area (TPSA) is 38.2 Å². The van der Waals surface area contributed by atoms with E-state index in [0.717, 1.165) is 30.8 Å². The van der Waals surface area contributed by atoms with E-state index in [4.69, 9.17) is 4.74 Å². The lowest BCUT2D eigenvalue weighted by Crippen LogP contribution is -2.52. The van der Waals surface area contributed by atoms with Crippen LogP contribution in [-0.4, -0.2) is 45.0 Å². The second kappa shape index (κ2) is 5.42. The molecule has 1 atom stereocenters. The molecule has 0 aliphatic carbocycles. The minimum Gasteiger partial charge on any atom is -0.369 e. The van der Waals surface area contributed by atoms with Crippen molar-refractivity contribution in [2.45, 2.75) is 32.1 Å². The van der Waals surface area contributed by atoms with Crippen LogP contribution in [0.1, 0.15) is 19.7 Å². The van der Waals surface area contributed by atoms with Crippen LogP contribution in [0.15, 0.2) is 18.5 Å². The standard InChI is InChI=1S/C12H18BrN3O/c1-12(2)9-16(7-10(6-13)17-12)8-11-14-4-3-5-15-11/h3-5,10H,6-9H2,1-2H3. The van der Waals surface area contributed by atoms with Crippen LogP contribution in [0.2, 0.25) is 0 Å². The number of ether oxygens (including phenoxy) is 1. The molecule has 2 rings (SSSR count). The highest BCUT2D eigenvalue weighted by Crippen LogP contribution is 2.22. The second-order valence-corrected chi connectivity index (χ2v) is 5.64. The smallest absolute Gasteiger partial charge is 0.142 e. The van der Waals surface area contributed by atoms with Crippen molar-refractivity contribution in [2.24, 2.45) is 0 Å². The zero-order chi connectivity index (χ0) is 12.3. The summed E-state index contributed by atoms with van der Waals surface area (Å²) in [5.41, 5.74) is -0.106. The summed E-state index contributed by atoms with van der Waals surface area (Å²) >= 11 is 3.49. The summed E-state index contributed by atoms with van der Waals surface area (Å²) < 4.78 is 5.96. The first-order valence-corrected chi connectivity index (χ1v) is 6.93. The Balaban J connectivity index is 2.01. The normalized spacial score (nSPS) is 24.8. The van der Waals surface area contributed by atoms with E-state index in [2.05, 4.69) is 44.6 Å². The highest BCUT2D eigenvalue weighted by molar-refractivity contribution is 9.09. The highest BCUT2D eigenvalue weighted by Gasteiger charge is 2.32. The van der Waals surface area contributed by atoms with Gasteiger partial charge in [-0.05, 0) is 19.9 Å². The molecule has 1 aliphatic rings. The van der Waals surface area contributed by atoms with Gasteiger partial charge in [0.2, 0.25) is 0 Å². The Kier molecular flexibility index (Phi) is 4.12. The van der Waals surface area contributed by atoms with Crippen LogP contribution >= 0.6 is 15.9 Å². The Morgan fingerprint density at radius 1 is 1.47 bits per heavy atom. The molecule has 1 aromatic rings. The van der Waals surface area contributed by atoms with Crippen LogP contribution in [-0.2, 0) is 11.3 Å². The van der Waals surface area contributed by atoms with Crippen LogP contribution in [0.3, 0.4) is 0 Å². The van der Waals surface area contributed by atoms with Gasteiger partial charge in [0.05, 0.1) is 18.2 Å². The van der Waals surface area contributed by atoms with Gasteiger partial charge in [0.1, 0.15) is 5.82 Å². The maximum Gasteiger partial charge on any atom is 0.142 e. The summed E-state index contributed by atoms with van der Waals surface area (Å²) in [7, 11) is 0. The molecule has 0 aromatic carbocycles. The molecule has 0 bridgehead atoms. The third-order valence-electron chi connectivity index (χ3n) is 2.71. The van der Waals surface area contributed by atoms with E-state index in [1.54, 1.807) is 12.4 Å². The van der Waals surface area contributed by atoms with Crippen molar-refractivity contribution in [1.29, 1.82) is 0 Å². The average Bonchev–Trinajstić information content (AvgIpc) is 2.28. The number of halogens is 1. The van der Waals surface area contributed by atoms with Gasteiger partial charge in [0, 0.05) is 30.8 Å². The third kappa shape index (κ3) is 3.72. The maximum absolute atomic E-state index is 5.96. The van der Waals surface area contributed by atoms with Crippen molar-refractivity contribution < 1.29 is 4.74 Å². The number of rotatable bonds is 3. The molecule has 0 amide bonds. The largest absolute Gasteiger partial charge is 0.369 e. The fraction of sp³-hybridized carbons (Fsp3) is 0.667. The van der Waals surface area contributed by atoms with Gasteiger partial charge in [-0.2, -0.15) is 0 Å². The Labute approximate surface area is 111 Å². The van der Waals surface area contributed by atoms with Crippen molar-refractivity contribution in [2.75, 3.05) is 18.4 Å². The lowest BCUT2D eigenvalue weighted by atomic mass is 10.1. The molecule has 1 saturated heterocycles. The molecule has 1 aliphatic heterocycles. The Bertz CT molecular complexity index is 358. The lowest BCUT2D eigenvalue weighted by Gasteiger charge is -2.42. The summed E-state index contributed by atoms with van der Waals surface area (Å²) in [6.45, 7) is 6.88. The molecule has 2 heterocycles. The van der Waals surface area contributed by atoms with Gasteiger partial charge >= 0.3 is 0 Å². The van der Waals surface area contributed by atoms with E-state index in [-0.39, 0.29) is 11.7 Å². The molecule has 1 unspecified atom stereocenters. The van der Waals surface area contributed by atoms with E-state index in [1.165, 1.54) is 0 Å². The third-order valence-corrected chi connectivity index (χ3v) is 3.43. The molecule has 4 nitrogen and oxygen atoms in total. The van der Waals surface area contributed by atoms with Crippen LogP contribution in [0.5, 0.6) is 0 Å². The van der Waals surface area contributed by atoms with E-state index in [1.807, 2.05) is 6.07 Å². The number of hydrogen-bond acceptors (Lipinski definition) is 4. The molecule has 17 heavy (non-hydrogen) atoms. The fourth-order valence-corrected chi connectivity index (χ4v) is 2.57. The predicted octanol–water partition coefficient (Wildman–Crippen LogP) is 1.85. The van der Waals surface area contributed by atoms with Gasteiger partial charge in [-0.1, -0.05) is 15.9 Å². The molecule has 0 spiro atoms. The van der Waals surface area contributed by atoms with Crippen molar-refractivity contribution in [3.05, 3.63) is 24.3 Å². The highest BCUT2D eigenvalue weighted by atomic mass is 79.9. The van der Waals surface area contributed by atoms with Crippen LogP contribution < -0.4 is 0 Å². The van der Waals surface area contributed by atoms with Crippen molar-refractivity contribution in [1.82, 2.24) is 14.9 Å². The van der Waals surface area contributed by atoms with E-state index in [9.17, 15) is 0 Å². The minimum atomic E-state index is -0.106.